The van der Waals surface area contributed by atoms with Crippen LogP contribution in [0.2, 0.25) is 0 Å². The monoisotopic (exact) mass is 279 g/mol. The Morgan fingerprint density at radius 3 is 2.90 bits per heavy atom. The van der Waals surface area contributed by atoms with Gasteiger partial charge in [-0.2, -0.15) is 0 Å². The molecule has 1 atom stereocenters. The molecule has 0 bridgehead atoms. The Balaban J connectivity index is 1.56. The van der Waals surface area contributed by atoms with Gasteiger partial charge in [-0.25, -0.2) is 4.98 Å². The van der Waals surface area contributed by atoms with Crippen LogP contribution in [0.4, 0.5) is 0 Å². The summed E-state index contributed by atoms with van der Waals surface area (Å²) in [4.78, 5) is 4.69. The Morgan fingerprint density at radius 1 is 1.19 bits per heavy atom. The Hall–Kier alpha value is -2.33. The summed E-state index contributed by atoms with van der Waals surface area (Å²) in [6, 6.07) is 16.6. The number of ether oxygens (including phenoxy) is 1. The summed E-state index contributed by atoms with van der Waals surface area (Å²) >= 11 is 0. The van der Waals surface area contributed by atoms with Crippen molar-refractivity contribution in [3.8, 4) is 5.75 Å². The predicted molar refractivity (Wildman–Crippen MR) is 82.2 cm³/mol. The third-order valence-corrected chi connectivity index (χ3v) is 4.09. The van der Waals surface area contributed by atoms with E-state index in [2.05, 4.69) is 40.1 Å². The van der Waals surface area contributed by atoms with Crippen LogP contribution in [-0.4, -0.2) is 16.2 Å². The Morgan fingerprint density at radius 2 is 2.00 bits per heavy atom. The van der Waals surface area contributed by atoms with Gasteiger partial charge < -0.3 is 9.30 Å². The van der Waals surface area contributed by atoms with Gasteiger partial charge in [0.25, 0.3) is 0 Å². The number of hydrogen-bond donors (Lipinski definition) is 1. The van der Waals surface area contributed by atoms with E-state index in [0.717, 1.165) is 29.2 Å². The number of benzene rings is 2. The van der Waals surface area contributed by atoms with Crippen molar-refractivity contribution in [2.24, 2.45) is 7.05 Å². The number of rotatable bonds is 3. The summed E-state index contributed by atoms with van der Waals surface area (Å²) < 4.78 is 7.84. The van der Waals surface area contributed by atoms with Crippen LogP contribution in [0, 0.1) is 0 Å². The van der Waals surface area contributed by atoms with Gasteiger partial charge in [0.15, 0.2) is 0 Å². The lowest BCUT2D eigenvalue weighted by Gasteiger charge is -2.11. The number of nitrogens with zero attached hydrogens (tertiary/aromatic N) is 2. The van der Waals surface area contributed by atoms with Gasteiger partial charge in [-0.1, -0.05) is 30.3 Å². The highest BCUT2D eigenvalue weighted by atomic mass is 16.5. The van der Waals surface area contributed by atoms with E-state index in [1.165, 1.54) is 5.56 Å². The Bertz CT molecular complexity index is 794. The molecule has 0 saturated heterocycles. The number of aromatic nitrogens is 2. The summed E-state index contributed by atoms with van der Waals surface area (Å²) in [5.41, 5.74) is 3.44. The Kier molecular flexibility index (Phi) is 2.89. The van der Waals surface area contributed by atoms with E-state index in [0.29, 0.717) is 6.61 Å². The van der Waals surface area contributed by atoms with Gasteiger partial charge in [-0.15, -0.1) is 0 Å². The lowest BCUT2D eigenvalue weighted by Crippen LogP contribution is -2.23. The molecule has 1 unspecified atom stereocenters. The number of hydrogen-bond acceptors (Lipinski definition) is 3. The first kappa shape index (κ1) is 12.4. The van der Waals surface area contributed by atoms with Gasteiger partial charge in [-0.3, -0.25) is 5.32 Å². The maximum Gasteiger partial charge on any atom is 0.124 e. The SMILES string of the molecule is Cn1c(CNC2COc3ccccc32)nc2ccccc21. The number of para-hydroxylation sites is 3. The molecule has 3 aromatic rings. The van der Waals surface area contributed by atoms with Gasteiger partial charge >= 0.3 is 0 Å². The molecular formula is C17H17N3O. The van der Waals surface area contributed by atoms with Gasteiger partial charge in [0, 0.05) is 12.6 Å². The molecule has 0 saturated carbocycles. The zero-order valence-corrected chi connectivity index (χ0v) is 11.9. The summed E-state index contributed by atoms with van der Waals surface area (Å²) in [5.74, 6) is 2.03. The van der Waals surface area contributed by atoms with Crippen molar-refractivity contribution < 1.29 is 4.74 Å². The number of imidazole rings is 1. The summed E-state index contributed by atoms with van der Waals surface area (Å²) in [5, 5.41) is 3.55. The molecule has 0 radical (unpaired) electrons. The molecule has 2 heterocycles. The fraction of sp³-hybridized carbons (Fsp3) is 0.235. The van der Waals surface area contributed by atoms with Crippen LogP contribution < -0.4 is 10.1 Å². The third kappa shape index (κ3) is 2.08. The van der Waals surface area contributed by atoms with Crippen LogP contribution >= 0.6 is 0 Å². The maximum absolute atomic E-state index is 5.70. The van der Waals surface area contributed by atoms with Crippen LogP contribution in [0.15, 0.2) is 48.5 Å². The van der Waals surface area contributed by atoms with Crippen molar-refractivity contribution >= 4 is 11.0 Å². The van der Waals surface area contributed by atoms with Gasteiger partial charge in [0.2, 0.25) is 0 Å². The highest BCUT2D eigenvalue weighted by Crippen LogP contribution is 2.31. The van der Waals surface area contributed by atoms with Crippen LogP contribution in [0.1, 0.15) is 17.4 Å². The van der Waals surface area contributed by atoms with Crippen LogP contribution in [0.5, 0.6) is 5.75 Å². The fourth-order valence-electron chi connectivity index (χ4n) is 2.90. The van der Waals surface area contributed by atoms with Crippen LogP contribution in [-0.2, 0) is 13.6 Å². The average Bonchev–Trinajstić information content (AvgIpc) is 3.07. The van der Waals surface area contributed by atoms with Crippen molar-refractivity contribution in [2.75, 3.05) is 6.61 Å². The minimum atomic E-state index is 0.237. The van der Waals surface area contributed by atoms with Crippen molar-refractivity contribution in [2.45, 2.75) is 12.6 Å². The molecule has 0 amide bonds. The topological polar surface area (TPSA) is 39.1 Å². The smallest absolute Gasteiger partial charge is 0.124 e. The van der Waals surface area contributed by atoms with Crippen molar-refractivity contribution in [1.82, 2.24) is 14.9 Å². The molecule has 0 aliphatic carbocycles. The second-order valence-electron chi connectivity index (χ2n) is 5.36. The molecule has 4 heteroatoms. The molecule has 1 aromatic heterocycles. The van der Waals surface area contributed by atoms with E-state index >= 15 is 0 Å². The van der Waals surface area contributed by atoms with Crippen molar-refractivity contribution in [3.05, 3.63) is 59.9 Å². The van der Waals surface area contributed by atoms with Gasteiger partial charge in [0.1, 0.15) is 18.2 Å². The summed E-state index contributed by atoms with van der Waals surface area (Å²) in [6.45, 7) is 1.41. The first-order valence-electron chi connectivity index (χ1n) is 7.18. The molecule has 4 nitrogen and oxygen atoms in total. The molecule has 2 aromatic carbocycles. The summed E-state index contributed by atoms with van der Waals surface area (Å²) in [7, 11) is 2.06. The van der Waals surface area contributed by atoms with Crippen LogP contribution in [0.3, 0.4) is 0 Å². The molecule has 1 aliphatic rings. The van der Waals surface area contributed by atoms with E-state index in [9.17, 15) is 0 Å². The van der Waals surface area contributed by atoms with Crippen molar-refractivity contribution in [3.63, 3.8) is 0 Å². The quantitative estimate of drug-likeness (QED) is 0.801. The van der Waals surface area contributed by atoms with Gasteiger partial charge in [-0.05, 0) is 18.2 Å². The Labute approximate surface area is 123 Å². The lowest BCUT2D eigenvalue weighted by atomic mass is 10.1. The van der Waals surface area contributed by atoms with E-state index in [1.54, 1.807) is 0 Å². The zero-order chi connectivity index (χ0) is 14.2. The standard InChI is InChI=1S/C17H17N3O/c1-20-15-8-4-3-7-13(15)19-17(20)10-18-14-11-21-16-9-5-2-6-12(14)16/h2-9,14,18H,10-11H2,1H3. The molecule has 1 N–H and O–H groups in total. The van der Waals surface area contributed by atoms with E-state index in [-0.39, 0.29) is 6.04 Å². The third-order valence-electron chi connectivity index (χ3n) is 4.09. The minimum absolute atomic E-state index is 0.237. The number of fused-ring (bicyclic) bond motifs is 2. The molecular weight excluding hydrogens is 262 g/mol. The highest BCUT2D eigenvalue weighted by Gasteiger charge is 2.23. The minimum Gasteiger partial charge on any atom is -0.491 e. The first-order chi connectivity index (χ1) is 10.3. The second kappa shape index (κ2) is 4.90. The number of aryl methyl sites for hydroxylation is 1. The van der Waals surface area contributed by atoms with E-state index in [4.69, 9.17) is 4.74 Å². The predicted octanol–water partition coefficient (Wildman–Crippen LogP) is 2.80. The summed E-state index contributed by atoms with van der Waals surface area (Å²) in [6.07, 6.45) is 0. The molecule has 0 fully saturated rings. The molecule has 4 rings (SSSR count). The largest absolute Gasteiger partial charge is 0.491 e. The average molecular weight is 279 g/mol. The highest BCUT2D eigenvalue weighted by molar-refractivity contribution is 5.75. The number of nitrogens with one attached hydrogen (secondary N) is 1. The van der Waals surface area contributed by atoms with E-state index < -0.39 is 0 Å². The fourth-order valence-corrected chi connectivity index (χ4v) is 2.90. The van der Waals surface area contributed by atoms with Gasteiger partial charge in [0.05, 0.1) is 23.6 Å². The molecule has 1 aliphatic heterocycles. The van der Waals surface area contributed by atoms with Crippen molar-refractivity contribution in [1.29, 1.82) is 0 Å². The second-order valence-corrected chi connectivity index (χ2v) is 5.36. The first-order valence-corrected chi connectivity index (χ1v) is 7.18. The van der Waals surface area contributed by atoms with Crippen LogP contribution in [0.25, 0.3) is 11.0 Å². The zero-order valence-electron chi connectivity index (χ0n) is 11.9. The molecule has 106 valence electrons. The normalized spacial score (nSPS) is 16.9. The molecule has 21 heavy (non-hydrogen) atoms. The maximum atomic E-state index is 5.70. The lowest BCUT2D eigenvalue weighted by molar-refractivity contribution is 0.309. The molecule has 0 spiro atoms. The van der Waals surface area contributed by atoms with E-state index in [1.807, 2.05) is 30.3 Å².